The first-order chi connectivity index (χ1) is 43.0. The van der Waals surface area contributed by atoms with Crippen molar-refractivity contribution in [1.29, 1.82) is 36.8 Å². The third-order valence-electron chi connectivity index (χ3n) is 15.3. The molecule has 3 heterocycles. The van der Waals surface area contributed by atoms with Crippen molar-refractivity contribution in [2.24, 2.45) is 0 Å². The van der Waals surface area contributed by atoms with Gasteiger partial charge in [-0.15, -0.1) is 0 Å². The monoisotopic (exact) mass is 1110 g/mol. The smallest absolute Gasteiger partial charge is 0.197 e. The topological polar surface area (TPSA) is 215 Å². The van der Waals surface area contributed by atoms with Crippen LogP contribution in [0.4, 0.5) is 34.1 Å². The highest BCUT2D eigenvalue weighted by Gasteiger charge is 2.26. The molecule has 0 atom stereocenters. The van der Waals surface area contributed by atoms with Gasteiger partial charge in [-0.25, -0.2) is 29.1 Å². The Bertz CT molecular complexity index is 5380. The van der Waals surface area contributed by atoms with Gasteiger partial charge in [0.05, 0.1) is 143 Å². The molecule has 0 aliphatic rings. The van der Waals surface area contributed by atoms with E-state index in [0.717, 1.165) is 0 Å². The van der Waals surface area contributed by atoms with Crippen LogP contribution in [0.2, 0.25) is 0 Å². The third kappa shape index (κ3) is 8.47. The molecule has 0 saturated heterocycles. The van der Waals surface area contributed by atoms with E-state index < -0.39 is 0 Å². The van der Waals surface area contributed by atoms with Crippen LogP contribution in [0.1, 0.15) is 38.9 Å². The minimum absolute atomic E-state index is 0.0849. The fraction of sp³-hybridized carbons (Fsp3) is 0. The van der Waals surface area contributed by atoms with Gasteiger partial charge in [-0.05, 0) is 149 Å². The number of nitrogens with zero attached hydrogens (tertiary/aromatic N) is 16. The summed E-state index contributed by atoms with van der Waals surface area (Å²) in [5, 5.41) is 74.6. The van der Waals surface area contributed by atoms with Crippen LogP contribution in [-0.2, 0) is 0 Å². The van der Waals surface area contributed by atoms with E-state index in [9.17, 15) is 36.8 Å². The molecule has 0 fully saturated rings. The van der Waals surface area contributed by atoms with Crippen LogP contribution in [-0.4, -0.2) is 14.1 Å². The van der Waals surface area contributed by atoms with Crippen molar-refractivity contribution >= 4 is 77.7 Å². The zero-order valence-corrected chi connectivity index (χ0v) is 45.2. The Morgan fingerprint density at radius 3 is 1.16 bits per heavy atom. The lowest BCUT2D eigenvalue weighted by molar-refractivity contribution is 1.13. The molecule has 16 nitrogen and oxygen atoms in total. The lowest BCUT2D eigenvalue weighted by Crippen LogP contribution is -2.03. The predicted molar refractivity (Wildman–Crippen MR) is 331 cm³/mol. The van der Waals surface area contributed by atoms with Gasteiger partial charge in [-0.3, -0.25) is 4.98 Å². The molecule has 0 aliphatic heterocycles. The number of pyridine rings is 1. The molecule has 12 aromatic rings. The fourth-order valence-corrected chi connectivity index (χ4v) is 11.6. The van der Waals surface area contributed by atoms with Crippen LogP contribution in [0.5, 0.6) is 0 Å². The third-order valence-corrected chi connectivity index (χ3v) is 15.3. The SMILES string of the molecule is [C-]#[N+]c1cc(C#N)c(-c2ccc3c(c2)c2cc(-c4c(C#N)cc([N+]#[C-])cc4[N+]#[C-])ccc2n3-c2ccc(C#N)cc2-c2ncccc2-n2c3ccc(-c4c(C#N)cc(C#N)cc4[N+]#[C-])cc3c3cc(-c4c([N+]#[C-])cc(C#N)cc4[N+]#[C-])ccc32)c(C#N)c1. The molecular formula is C72H26N16. The number of rotatable bonds is 7. The summed E-state index contributed by atoms with van der Waals surface area (Å²) in [6.45, 7) is 47.9. The standard InChI is InChI=1S/C72H26N16/c1-80-51-25-48(37-77)68(49(26-51)38-78)43-10-15-62-53(28-43)54-30-45(70-50(39-79)27-52(81-2)32-61(70)85-6)11-16-63(54)87(62)66-14-9-40(33-73)21-57(66)72-67(8-7-19-86-72)88-64-17-12-44(69-47(36-76)20-41(34-74)22-58(69)82-3)29-55(64)56-31-46(13-18-65(56)88)71-59(83-4)23-42(35-75)24-60(71)84-5/h7-32H. The van der Waals surface area contributed by atoms with Gasteiger partial charge in [0.25, 0.3) is 0 Å². The second-order valence-electron chi connectivity index (χ2n) is 19.8. The average molecular weight is 1120 g/mol. The highest BCUT2D eigenvalue weighted by Crippen LogP contribution is 2.48. The minimum atomic E-state index is 0.0849. The molecule has 3 aromatic heterocycles. The van der Waals surface area contributed by atoms with Crippen molar-refractivity contribution in [2.75, 3.05) is 0 Å². The van der Waals surface area contributed by atoms with Gasteiger partial charge in [-0.1, -0.05) is 30.3 Å². The second-order valence-corrected chi connectivity index (χ2v) is 19.8. The number of hydrogen-bond acceptors (Lipinski definition) is 8. The molecule has 16 heteroatoms. The fourth-order valence-electron chi connectivity index (χ4n) is 11.6. The predicted octanol–water partition coefficient (Wildman–Crippen LogP) is 18.0. The average Bonchev–Trinajstić information content (AvgIpc) is 2.09. The maximum Gasteiger partial charge on any atom is 0.197 e. The molecule has 0 amide bonds. The van der Waals surface area contributed by atoms with E-state index in [-0.39, 0.29) is 73.1 Å². The van der Waals surface area contributed by atoms with Crippen molar-refractivity contribution in [2.45, 2.75) is 0 Å². The molecule has 88 heavy (non-hydrogen) atoms. The molecule has 0 radical (unpaired) electrons. The first kappa shape index (κ1) is 53.7. The molecule has 0 N–H and O–H groups in total. The molecule has 0 saturated carbocycles. The summed E-state index contributed by atoms with van der Waals surface area (Å²) in [6, 6.07) is 57.2. The summed E-state index contributed by atoms with van der Waals surface area (Å²) >= 11 is 0. The van der Waals surface area contributed by atoms with Crippen LogP contribution in [0.25, 0.3) is 140 Å². The van der Waals surface area contributed by atoms with Crippen LogP contribution in [0, 0.1) is 119 Å². The normalized spacial score (nSPS) is 10.4. The first-order valence-electron chi connectivity index (χ1n) is 26.1. The first-order valence-corrected chi connectivity index (χ1v) is 26.1. The Balaban J connectivity index is 1.16. The zero-order chi connectivity index (χ0) is 61.5. The van der Waals surface area contributed by atoms with Crippen LogP contribution < -0.4 is 0 Å². The van der Waals surface area contributed by atoms with Gasteiger partial charge >= 0.3 is 0 Å². The number of nitriles is 7. The number of hydrogen-bond donors (Lipinski definition) is 0. The largest absolute Gasteiger partial charge is 0.309 e. The van der Waals surface area contributed by atoms with Gasteiger partial charge in [-0.2, -0.15) is 36.8 Å². The van der Waals surface area contributed by atoms with Gasteiger partial charge in [0.1, 0.15) is 0 Å². The van der Waals surface area contributed by atoms with E-state index in [1.165, 1.54) is 48.5 Å². The number of benzene rings is 9. The summed E-state index contributed by atoms with van der Waals surface area (Å²) in [6.07, 6.45) is 1.62. The molecule has 0 unspecified atom stereocenters. The Morgan fingerprint density at radius 1 is 0.330 bits per heavy atom. The molecule has 12 rings (SSSR count). The van der Waals surface area contributed by atoms with Crippen molar-refractivity contribution < 1.29 is 0 Å². The summed E-state index contributed by atoms with van der Waals surface area (Å²) in [4.78, 5) is 27.0. The lowest BCUT2D eigenvalue weighted by atomic mass is 9.93. The van der Waals surface area contributed by atoms with Gasteiger partial charge in [0.15, 0.2) is 34.1 Å². The van der Waals surface area contributed by atoms with Gasteiger partial charge < -0.3 is 9.13 Å². The quantitative estimate of drug-likeness (QED) is 0.140. The summed E-state index contributed by atoms with van der Waals surface area (Å²) in [5.74, 6) is 0. The Hall–Kier alpha value is -14.9. The van der Waals surface area contributed by atoms with Crippen molar-refractivity contribution in [3.8, 4) is 110 Å². The molecule has 394 valence electrons. The van der Waals surface area contributed by atoms with Gasteiger partial charge in [0, 0.05) is 66.7 Å². The Kier molecular flexibility index (Phi) is 13.1. The van der Waals surface area contributed by atoms with Crippen LogP contribution in [0.3, 0.4) is 0 Å². The van der Waals surface area contributed by atoms with Crippen LogP contribution in [0.15, 0.2) is 158 Å². The van der Waals surface area contributed by atoms with E-state index in [4.69, 9.17) is 44.4 Å². The maximum absolute atomic E-state index is 10.7. The molecule has 9 aromatic carbocycles. The zero-order valence-electron chi connectivity index (χ0n) is 45.2. The highest BCUT2D eigenvalue weighted by atomic mass is 15.0. The summed E-state index contributed by atoms with van der Waals surface area (Å²) < 4.78 is 3.97. The van der Waals surface area contributed by atoms with E-state index >= 15 is 0 Å². The number of aromatic nitrogens is 3. The van der Waals surface area contributed by atoms with E-state index in [0.29, 0.717) is 111 Å². The van der Waals surface area contributed by atoms with Crippen molar-refractivity contribution in [3.63, 3.8) is 0 Å². The van der Waals surface area contributed by atoms with Gasteiger partial charge in [0.2, 0.25) is 0 Å². The molecule has 0 spiro atoms. The second kappa shape index (κ2) is 21.5. The van der Waals surface area contributed by atoms with E-state index in [2.05, 4.69) is 59.4 Å². The number of fused-ring (bicyclic) bond motifs is 6. The molecule has 0 aliphatic carbocycles. The maximum atomic E-state index is 10.7. The summed E-state index contributed by atoms with van der Waals surface area (Å²) in [7, 11) is 0. The lowest BCUT2D eigenvalue weighted by Gasteiger charge is -2.18. The van der Waals surface area contributed by atoms with Crippen molar-refractivity contribution in [1.82, 2.24) is 14.1 Å². The Morgan fingerprint density at radius 2 is 0.716 bits per heavy atom. The summed E-state index contributed by atoms with van der Waals surface area (Å²) in [5.41, 5.74) is 9.18. The van der Waals surface area contributed by atoms with Crippen molar-refractivity contribution in [3.05, 3.63) is 265 Å². The highest BCUT2D eigenvalue weighted by molar-refractivity contribution is 6.15. The molecule has 0 bridgehead atoms. The molecular weight excluding hydrogens is 1090 g/mol. The van der Waals surface area contributed by atoms with Crippen LogP contribution >= 0.6 is 0 Å². The minimum Gasteiger partial charge on any atom is -0.309 e. The van der Waals surface area contributed by atoms with E-state index in [1.54, 1.807) is 54.7 Å². The Labute approximate surface area is 501 Å². The van der Waals surface area contributed by atoms with E-state index in [1.807, 2.05) is 75.9 Å².